The SMILES string of the molecule is CC(C)(c1noc(-c2c[nH]ccc2=O)n1)N1CCNCC1. The van der Waals surface area contributed by atoms with Gasteiger partial charge in [0.15, 0.2) is 11.3 Å². The molecule has 0 spiro atoms. The molecule has 0 atom stereocenters. The number of hydrogen-bond donors (Lipinski definition) is 2. The van der Waals surface area contributed by atoms with Gasteiger partial charge in [-0.05, 0) is 13.8 Å². The van der Waals surface area contributed by atoms with E-state index in [2.05, 4.69) is 39.2 Å². The molecule has 112 valence electrons. The van der Waals surface area contributed by atoms with Crippen LogP contribution in [0, 0.1) is 0 Å². The summed E-state index contributed by atoms with van der Waals surface area (Å²) in [7, 11) is 0. The molecule has 7 nitrogen and oxygen atoms in total. The van der Waals surface area contributed by atoms with Crippen LogP contribution in [0.1, 0.15) is 19.7 Å². The fraction of sp³-hybridized carbons (Fsp3) is 0.500. The van der Waals surface area contributed by atoms with Crippen molar-refractivity contribution < 1.29 is 4.52 Å². The second-order valence-corrected chi connectivity index (χ2v) is 5.64. The first-order chi connectivity index (χ1) is 10.1. The molecule has 1 aliphatic rings. The highest BCUT2D eigenvalue weighted by Crippen LogP contribution is 2.27. The number of piperazine rings is 1. The second-order valence-electron chi connectivity index (χ2n) is 5.64. The normalized spacial score (nSPS) is 17.0. The Morgan fingerprint density at radius 2 is 2.10 bits per heavy atom. The van der Waals surface area contributed by atoms with E-state index in [1.807, 2.05) is 0 Å². The van der Waals surface area contributed by atoms with Gasteiger partial charge in [-0.15, -0.1) is 0 Å². The molecular weight excluding hydrogens is 270 g/mol. The van der Waals surface area contributed by atoms with Gasteiger partial charge in [-0.25, -0.2) is 0 Å². The fourth-order valence-electron chi connectivity index (χ4n) is 2.53. The number of aromatic nitrogens is 3. The molecule has 3 rings (SSSR count). The number of rotatable bonds is 3. The van der Waals surface area contributed by atoms with Gasteiger partial charge in [0.2, 0.25) is 0 Å². The Balaban J connectivity index is 1.90. The summed E-state index contributed by atoms with van der Waals surface area (Å²) >= 11 is 0. The molecule has 1 saturated heterocycles. The van der Waals surface area contributed by atoms with Crippen LogP contribution >= 0.6 is 0 Å². The van der Waals surface area contributed by atoms with Crippen LogP contribution in [-0.4, -0.2) is 46.2 Å². The molecule has 3 heterocycles. The zero-order valence-corrected chi connectivity index (χ0v) is 12.2. The molecule has 0 amide bonds. The molecule has 0 radical (unpaired) electrons. The van der Waals surface area contributed by atoms with Gasteiger partial charge in [0.05, 0.1) is 5.54 Å². The lowest BCUT2D eigenvalue weighted by molar-refractivity contribution is 0.0925. The molecule has 2 aromatic heterocycles. The highest BCUT2D eigenvalue weighted by molar-refractivity contribution is 5.50. The van der Waals surface area contributed by atoms with Gasteiger partial charge in [0.1, 0.15) is 5.56 Å². The smallest absolute Gasteiger partial charge is 0.263 e. The van der Waals surface area contributed by atoms with Crippen LogP contribution in [0.5, 0.6) is 0 Å². The van der Waals surface area contributed by atoms with E-state index in [0.29, 0.717) is 11.4 Å². The van der Waals surface area contributed by atoms with Crippen molar-refractivity contribution in [3.63, 3.8) is 0 Å². The van der Waals surface area contributed by atoms with Crippen LogP contribution in [0.2, 0.25) is 0 Å². The molecule has 1 fully saturated rings. The minimum atomic E-state index is -0.328. The van der Waals surface area contributed by atoms with Crippen molar-refractivity contribution in [2.75, 3.05) is 26.2 Å². The number of pyridine rings is 1. The van der Waals surface area contributed by atoms with Crippen LogP contribution in [0.15, 0.2) is 27.8 Å². The Morgan fingerprint density at radius 3 is 2.81 bits per heavy atom. The number of H-pyrrole nitrogens is 1. The molecule has 0 bridgehead atoms. The summed E-state index contributed by atoms with van der Waals surface area (Å²) in [6.07, 6.45) is 3.16. The summed E-state index contributed by atoms with van der Waals surface area (Å²) in [6.45, 7) is 7.91. The van der Waals surface area contributed by atoms with Crippen molar-refractivity contribution in [3.8, 4) is 11.5 Å². The maximum absolute atomic E-state index is 11.8. The standard InChI is InChI=1S/C14H19N5O2/c1-14(2,19-7-5-15-6-8-19)13-17-12(21-18-13)10-9-16-4-3-11(10)20/h3-4,9,15H,5-8H2,1-2H3,(H,16,20). The molecule has 2 N–H and O–H groups in total. The summed E-state index contributed by atoms with van der Waals surface area (Å²) in [5, 5.41) is 7.41. The van der Waals surface area contributed by atoms with Gasteiger partial charge in [-0.3, -0.25) is 9.69 Å². The van der Waals surface area contributed by atoms with Crippen LogP contribution in [0.4, 0.5) is 0 Å². The molecule has 7 heteroatoms. The molecule has 21 heavy (non-hydrogen) atoms. The Morgan fingerprint density at radius 1 is 1.33 bits per heavy atom. The predicted octanol–water partition coefficient (Wildman–Crippen LogP) is 0.565. The highest BCUT2D eigenvalue weighted by atomic mass is 16.5. The molecule has 0 aromatic carbocycles. The average Bonchev–Trinajstić information content (AvgIpc) is 2.99. The van der Waals surface area contributed by atoms with E-state index in [4.69, 9.17) is 4.52 Å². The third-order valence-corrected chi connectivity index (χ3v) is 3.94. The number of nitrogens with zero attached hydrogens (tertiary/aromatic N) is 3. The summed E-state index contributed by atoms with van der Waals surface area (Å²) < 4.78 is 5.29. The minimum Gasteiger partial charge on any atom is -0.367 e. The largest absolute Gasteiger partial charge is 0.367 e. The fourth-order valence-corrected chi connectivity index (χ4v) is 2.53. The first-order valence-corrected chi connectivity index (χ1v) is 7.06. The first-order valence-electron chi connectivity index (χ1n) is 7.06. The van der Waals surface area contributed by atoms with E-state index in [1.54, 1.807) is 12.4 Å². The number of aromatic amines is 1. The van der Waals surface area contributed by atoms with E-state index in [-0.39, 0.29) is 16.9 Å². The Bertz CT molecular complexity index is 670. The van der Waals surface area contributed by atoms with Crippen LogP contribution in [0.3, 0.4) is 0 Å². The lowest BCUT2D eigenvalue weighted by Crippen LogP contribution is -2.52. The Labute approximate surface area is 122 Å². The highest BCUT2D eigenvalue weighted by Gasteiger charge is 2.34. The van der Waals surface area contributed by atoms with Gasteiger partial charge in [-0.1, -0.05) is 5.16 Å². The van der Waals surface area contributed by atoms with Crippen LogP contribution in [-0.2, 0) is 5.54 Å². The quantitative estimate of drug-likeness (QED) is 0.859. The van der Waals surface area contributed by atoms with Crippen molar-refractivity contribution in [2.24, 2.45) is 0 Å². The number of nitrogens with one attached hydrogen (secondary N) is 2. The van der Waals surface area contributed by atoms with Gasteiger partial charge < -0.3 is 14.8 Å². The summed E-state index contributed by atoms with van der Waals surface area (Å²) in [5.41, 5.74) is -0.0675. The van der Waals surface area contributed by atoms with Crippen molar-refractivity contribution >= 4 is 0 Å². The second kappa shape index (κ2) is 5.42. The first kappa shape index (κ1) is 14.0. The van der Waals surface area contributed by atoms with Gasteiger partial charge in [0, 0.05) is 44.6 Å². The molecular formula is C14H19N5O2. The van der Waals surface area contributed by atoms with Crippen molar-refractivity contribution in [2.45, 2.75) is 19.4 Å². The van der Waals surface area contributed by atoms with E-state index in [1.165, 1.54) is 6.07 Å². The average molecular weight is 289 g/mol. The zero-order chi connectivity index (χ0) is 14.9. The number of hydrogen-bond acceptors (Lipinski definition) is 6. The van der Waals surface area contributed by atoms with E-state index in [0.717, 1.165) is 26.2 Å². The van der Waals surface area contributed by atoms with E-state index in [9.17, 15) is 4.79 Å². The van der Waals surface area contributed by atoms with Gasteiger partial charge >= 0.3 is 0 Å². The van der Waals surface area contributed by atoms with Crippen LogP contribution < -0.4 is 10.7 Å². The summed E-state index contributed by atoms with van der Waals surface area (Å²) in [4.78, 5) is 21.4. The van der Waals surface area contributed by atoms with Gasteiger partial charge in [0.25, 0.3) is 5.89 Å². The molecule has 0 unspecified atom stereocenters. The molecule has 0 aliphatic carbocycles. The third-order valence-electron chi connectivity index (χ3n) is 3.94. The summed E-state index contributed by atoms with van der Waals surface area (Å²) in [5.74, 6) is 0.859. The molecule has 0 saturated carbocycles. The predicted molar refractivity (Wildman–Crippen MR) is 77.8 cm³/mol. The minimum absolute atomic E-state index is 0.135. The Hall–Kier alpha value is -1.99. The molecule has 2 aromatic rings. The maximum Gasteiger partial charge on any atom is 0.263 e. The molecule has 1 aliphatic heterocycles. The van der Waals surface area contributed by atoms with E-state index < -0.39 is 0 Å². The van der Waals surface area contributed by atoms with Crippen molar-refractivity contribution in [1.29, 1.82) is 0 Å². The maximum atomic E-state index is 11.8. The van der Waals surface area contributed by atoms with Crippen molar-refractivity contribution in [1.82, 2.24) is 25.3 Å². The lowest BCUT2D eigenvalue weighted by Gasteiger charge is -2.38. The monoisotopic (exact) mass is 289 g/mol. The zero-order valence-electron chi connectivity index (χ0n) is 12.2. The Kier molecular flexibility index (Phi) is 3.60. The summed E-state index contributed by atoms with van der Waals surface area (Å²) in [6, 6.07) is 1.45. The van der Waals surface area contributed by atoms with Crippen molar-refractivity contribution in [3.05, 3.63) is 34.5 Å². The third kappa shape index (κ3) is 2.62. The van der Waals surface area contributed by atoms with E-state index >= 15 is 0 Å². The lowest BCUT2D eigenvalue weighted by atomic mass is 10.0. The topological polar surface area (TPSA) is 87.0 Å². The van der Waals surface area contributed by atoms with Gasteiger partial charge in [-0.2, -0.15) is 4.98 Å². The van der Waals surface area contributed by atoms with Crippen LogP contribution in [0.25, 0.3) is 11.5 Å².